The molecule has 1 fully saturated rings. The highest BCUT2D eigenvalue weighted by Gasteiger charge is 2.21. The lowest BCUT2D eigenvalue weighted by molar-refractivity contribution is 0.0594. The van der Waals surface area contributed by atoms with E-state index in [1.807, 2.05) is 0 Å². The van der Waals surface area contributed by atoms with Crippen LogP contribution in [0.15, 0.2) is 12.1 Å². The second kappa shape index (κ2) is 6.59. The number of hydrogen-bond acceptors (Lipinski definition) is 5. The maximum absolute atomic E-state index is 11.5. The molecule has 1 heterocycles. The number of nitrogens with zero attached hydrogens (tertiary/aromatic N) is 1. The average molecular weight is 277 g/mol. The molecule has 2 unspecified atom stereocenters. The number of anilines is 2. The van der Waals surface area contributed by atoms with E-state index < -0.39 is 5.97 Å². The monoisotopic (exact) mass is 277 g/mol. The summed E-state index contributed by atoms with van der Waals surface area (Å²) in [5.74, 6) is 1.50. The van der Waals surface area contributed by atoms with Crippen LogP contribution >= 0.6 is 0 Å². The van der Waals surface area contributed by atoms with Crippen LogP contribution in [0.2, 0.25) is 0 Å². The van der Waals surface area contributed by atoms with Gasteiger partial charge in [-0.05, 0) is 30.4 Å². The number of aromatic nitrogens is 1. The van der Waals surface area contributed by atoms with Crippen molar-refractivity contribution in [2.24, 2.45) is 11.8 Å². The van der Waals surface area contributed by atoms with Crippen molar-refractivity contribution in [2.75, 3.05) is 24.7 Å². The number of pyridine rings is 1. The summed E-state index contributed by atoms with van der Waals surface area (Å²) in [5.41, 5.74) is 6.74. The van der Waals surface area contributed by atoms with Crippen molar-refractivity contribution in [3.8, 4) is 0 Å². The molecule has 0 saturated heterocycles. The number of carbonyl (C=O) groups excluding carboxylic acids is 1. The van der Waals surface area contributed by atoms with Crippen molar-refractivity contribution in [3.63, 3.8) is 0 Å². The average Bonchev–Trinajstić information content (AvgIpc) is 2.47. The summed E-state index contributed by atoms with van der Waals surface area (Å²) < 4.78 is 4.67. The van der Waals surface area contributed by atoms with Gasteiger partial charge in [-0.2, -0.15) is 0 Å². The molecule has 1 aliphatic carbocycles. The van der Waals surface area contributed by atoms with Gasteiger partial charge in [0.2, 0.25) is 0 Å². The third-order valence-corrected chi connectivity index (χ3v) is 4.14. The zero-order chi connectivity index (χ0) is 14.5. The molecule has 0 spiro atoms. The summed E-state index contributed by atoms with van der Waals surface area (Å²) in [6.07, 6.45) is 5.15. The Balaban J connectivity index is 2.02. The highest BCUT2D eigenvalue weighted by Crippen LogP contribution is 2.30. The lowest BCUT2D eigenvalue weighted by Gasteiger charge is -2.29. The van der Waals surface area contributed by atoms with E-state index in [1.54, 1.807) is 12.1 Å². The van der Waals surface area contributed by atoms with E-state index in [1.165, 1.54) is 32.8 Å². The second-order valence-corrected chi connectivity index (χ2v) is 5.53. The van der Waals surface area contributed by atoms with Crippen LogP contribution in [0.5, 0.6) is 0 Å². The number of hydrogen-bond donors (Lipinski definition) is 2. The van der Waals surface area contributed by atoms with Crippen LogP contribution in [0.1, 0.15) is 43.1 Å². The van der Waals surface area contributed by atoms with E-state index in [2.05, 4.69) is 22.0 Å². The maximum Gasteiger partial charge on any atom is 0.356 e. The highest BCUT2D eigenvalue weighted by molar-refractivity contribution is 5.88. The number of methoxy groups -OCH3 is 1. The van der Waals surface area contributed by atoms with Gasteiger partial charge in [-0.1, -0.05) is 26.2 Å². The number of nitrogen functional groups attached to an aromatic ring is 1. The standard InChI is InChI=1S/C15H23N3O2/c1-10-5-3-4-6-11(10)9-17-14-12(16)7-8-13(18-14)15(19)20-2/h7-8,10-11H,3-6,9,16H2,1-2H3,(H,17,18). The van der Waals surface area contributed by atoms with Gasteiger partial charge in [-0.15, -0.1) is 0 Å². The minimum absolute atomic E-state index is 0.279. The Morgan fingerprint density at radius 3 is 2.90 bits per heavy atom. The lowest BCUT2D eigenvalue weighted by atomic mass is 9.80. The quantitative estimate of drug-likeness (QED) is 0.827. The molecule has 1 aromatic rings. The molecule has 20 heavy (non-hydrogen) atoms. The van der Waals surface area contributed by atoms with Crippen LogP contribution in [0.25, 0.3) is 0 Å². The van der Waals surface area contributed by atoms with E-state index in [0.29, 0.717) is 17.4 Å². The lowest BCUT2D eigenvalue weighted by Crippen LogP contribution is -2.25. The first-order valence-electron chi connectivity index (χ1n) is 7.20. The van der Waals surface area contributed by atoms with Crippen molar-refractivity contribution >= 4 is 17.5 Å². The third-order valence-electron chi connectivity index (χ3n) is 4.14. The minimum Gasteiger partial charge on any atom is -0.464 e. The first kappa shape index (κ1) is 14.6. The summed E-state index contributed by atoms with van der Waals surface area (Å²) in [6, 6.07) is 3.27. The molecule has 2 rings (SSSR count). The molecule has 0 aliphatic heterocycles. The highest BCUT2D eigenvalue weighted by atomic mass is 16.5. The van der Waals surface area contributed by atoms with Gasteiger partial charge < -0.3 is 15.8 Å². The molecule has 110 valence electrons. The number of ether oxygens (including phenoxy) is 1. The molecular weight excluding hydrogens is 254 g/mol. The first-order chi connectivity index (χ1) is 9.61. The molecular formula is C15H23N3O2. The Bertz CT molecular complexity index is 476. The summed E-state index contributed by atoms with van der Waals surface area (Å²) in [4.78, 5) is 15.7. The van der Waals surface area contributed by atoms with E-state index in [9.17, 15) is 4.79 Å². The molecule has 5 heteroatoms. The predicted molar refractivity (Wildman–Crippen MR) is 79.6 cm³/mol. The molecule has 3 N–H and O–H groups in total. The molecule has 5 nitrogen and oxygen atoms in total. The zero-order valence-electron chi connectivity index (χ0n) is 12.2. The van der Waals surface area contributed by atoms with Crippen LogP contribution < -0.4 is 11.1 Å². The SMILES string of the molecule is COC(=O)c1ccc(N)c(NCC2CCCCC2C)n1. The third kappa shape index (κ3) is 3.40. The Kier molecular flexibility index (Phi) is 4.82. The molecule has 0 amide bonds. The predicted octanol–water partition coefficient (Wildman–Crippen LogP) is 2.69. The van der Waals surface area contributed by atoms with Gasteiger partial charge in [0.25, 0.3) is 0 Å². The molecule has 0 radical (unpaired) electrons. The molecule has 1 aromatic heterocycles. The van der Waals surface area contributed by atoms with Crippen molar-refractivity contribution in [3.05, 3.63) is 17.8 Å². The normalized spacial score (nSPS) is 22.3. The number of nitrogens with two attached hydrogens (primary N) is 1. The molecule has 1 aliphatic rings. The number of nitrogens with one attached hydrogen (secondary N) is 1. The Labute approximate surface area is 119 Å². The number of esters is 1. The van der Waals surface area contributed by atoms with E-state index in [4.69, 9.17) is 5.73 Å². The van der Waals surface area contributed by atoms with Crippen LogP contribution in [0, 0.1) is 11.8 Å². The zero-order valence-corrected chi connectivity index (χ0v) is 12.2. The molecule has 0 bridgehead atoms. The molecule has 2 atom stereocenters. The fourth-order valence-electron chi connectivity index (χ4n) is 2.75. The largest absolute Gasteiger partial charge is 0.464 e. The summed E-state index contributed by atoms with van der Waals surface area (Å²) in [5, 5.41) is 3.29. The minimum atomic E-state index is -0.445. The smallest absolute Gasteiger partial charge is 0.356 e. The molecule has 0 aromatic carbocycles. The first-order valence-corrected chi connectivity index (χ1v) is 7.20. The van der Waals surface area contributed by atoms with E-state index >= 15 is 0 Å². The van der Waals surface area contributed by atoms with E-state index in [-0.39, 0.29) is 5.69 Å². The Morgan fingerprint density at radius 2 is 2.20 bits per heavy atom. The van der Waals surface area contributed by atoms with Gasteiger partial charge in [0.05, 0.1) is 12.8 Å². The van der Waals surface area contributed by atoms with Gasteiger partial charge >= 0.3 is 5.97 Å². The number of carbonyl (C=O) groups is 1. The Morgan fingerprint density at radius 1 is 1.45 bits per heavy atom. The van der Waals surface area contributed by atoms with Crippen LogP contribution in [-0.4, -0.2) is 24.6 Å². The Hall–Kier alpha value is -1.78. The maximum atomic E-state index is 11.5. The fraction of sp³-hybridized carbons (Fsp3) is 0.600. The summed E-state index contributed by atoms with van der Waals surface area (Å²) >= 11 is 0. The van der Waals surface area contributed by atoms with Crippen molar-refractivity contribution in [2.45, 2.75) is 32.6 Å². The van der Waals surface area contributed by atoms with Crippen molar-refractivity contribution in [1.29, 1.82) is 0 Å². The van der Waals surface area contributed by atoms with E-state index in [0.717, 1.165) is 12.5 Å². The number of rotatable bonds is 4. The van der Waals surface area contributed by atoms with Gasteiger partial charge in [-0.25, -0.2) is 9.78 Å². The van der Waals surface area contributed by atoms with Gasteiger partial charge in [0, 0.05) is 6.54 Å². The van der Waals surface area contributed by atoms with Crippen molar-refractivity contribution < 1.29 is 9.53 Å². The fourth-order valence-corrected chi connectivity index (χ4v) is 2.75. The van der Waals surface area contributed by atoms with Crippen molar-refractivity contribution in [1.82, 2.24) is 4.98 Å². The summed E-state index contributed by atoms with van der Waals surface area (Å²) in [6.45, 7) is 3.15. The summed E-state index contributed by atoms with van der Waals surface area (Å²) in [7, 11) is 1.34. The van der Waals surface area contributed by atoms with Gasteiger partial charge in [0.15, 0.2) is 5.69 Å². The van der Waals surface area contributed by atoms with Crippen LogP contribution in [0.4, 0.5) is 11.5 Å². The van der Waals surface area contributed by atoms with Gasteiger partial charge in [-0.3, -0.25) is 0 Å². The molecule has 1 saturated carbocycles. The topological polar surface area (TPSA) is 77.2 Å². The van der Waals surface area contributed by atoms with Crippen LogP contribution in [0.3, 0.4) is 0 Å². The van der Waals surface area contributed by atoms with Crippen LogP contribution in [-0.2, 0) is 4.74 Å². The second-order valence-electron chi connectivity index (χ2n) is 5.53. The van der Waals surface area contributed by atoms with Gasteiger partial charge in [0.1, 0.15) is 5.82 Å².